The summed E-state index contributed by atoms with van der Waals surface area (Å²) in [6, 6.07) is 10.4. The van der Waals surface area contributed by atoms with E-state index < -0.39 is 0 Å². The van der Waals surface area contributed by atoms with Gasteiger partial charge in [-0.15, -0.1) is 0 Å². The molecule has 2 aromatic rings. The summed E-state index contributed by atoms with van der Waals surface area (Å²) in [6.07, 6.45) is 5.98. The molecule has 2 aliphatic heterocycles. The van der Waals surface area contributed by atoms with Crippen molar-refractivity contribution in [3.63, 3.8) is 0 Å². The number of nitrogens with one attached hydrogen (secondary N) is 1. The van der Waals surface area contributed by atoms with E-state index in [1.807, 2.05) is 18.2 Å². The summed E-state index contributed by atoms with van der Waals surface area (Å²) < 4.78 is 5.64. The summed E-state index contributed by atoms with van der Waals surface area (Å²) in [5.74, 6) is 1.57. The first-order valence-corrected chi connectivity index (χ1v) is 9.29. The molecule has 0 amide bonds. The van der Waals surface area contributed by atoms with Crippen LogP contribution in [0.1, 0.15) is 24.4 Å². The Morgan fingerprint density at radius 3 is 2.72 bits per heavy atom. The zero-order chi connectivity index (χ0) is 17.1. The molecule has 0 radical (unpaired) electrons. The number of aromatic nitrogens is 2. The van der Waals surface area contributed by atoms with Crippen molar-refractivity contribution in [2.75, 3.05) is 31.6 Å². The van der Waals surface area contributed by atoms with E-state index >= 15 is 0 Å². The molecule has 4 rings (SSSR count). The summed E-state index contributed by atoms with van der Waals surface area (Å²) >= 11 is 6.45. The molecule has 0 saturated carbocycles. The Bertz CT molecular complexity index is 687. The van der Waals surface area contributed by atoms with E-state index in [2.05, 4.69) is 32.3 Å². The van der Waals surface area contributed by atoms with Crippen LogP contribution in [0.15, 0.2) is 42.9 Å². The van der Waals surface area contributed by atoms with Crippen molar-refractivity contribution in [3.05, 3.63) is 53.4 Å². The maximum Gasteiger partial charge on any atom is 0.129 e. The molecule has 25 heavy (non-hydrogen) atoms. The Kier molecular flexibility index (Phi) is 5.15. The largest absolute Gasteiger partial charge is 0.371 e. The zero-order valence-corrected chi connectivity index (χ0v) is 14.9. The van der Waals surface area contributed by atoms with Gasteiger partial charge in [-0.05, 0) is 49.5 Å². The first kappa shape index (κ1) is 16.8. The van der Waals surface area contributed by atoms with Crippen LogP contribution in [0.25, 0.3) is 0 Å². The molecule has 3 heterocycles. The third-order valence-corrected chi connectivity index (χ3v) is 5.48. The molecular weight excluding hydrogens is 336 g/mol. The molecule has 6 heteroatoms. The smallest absolute Gasteiger partial charge is 0.129 e. The van der Waals surface area contributed by atoms with Gasteiger partial charge in [-0.25, -0.2) is 9.97 Å². The van der Waals surface area contributed by atoms with Crippen LogP contribution in [0.3, 0.4) is 0 Å². The Labute approximate surface area is 153 Å². The van der Waals surface area contributed by atoms with E-state index in [0.29, 0.717) is 5.92 Å². The minimum atomic E-state index is 0.282. The fourth-order valence-corrected chi connectivity index (χ4v) is 3.91. The van der Waals surface area contributed by atoms with Gasteiger partial charge in [-0.3, -0.25) is 4.90 Å². The number of anilines is 1. The van der Waals surface area contributed by atoms with Crippen LogP contribution in [0.4, 0.5) is 5.82 Å². The predicted octanol–water partition coefficient (Wildman–Crippen LogP) is 3.39. The van der Waals surface area contributed by atoms with Crippen molar-refractivity contribution >= 4 is 17.4 Å². The lowest BCUT2D eigenvalue weighted by molar-refractivity contribution is 0.114. The summed E-state index contributed by atoms with van der Waals surface area (Å²) in [4.78, 5) is 10.7. The van der Waals surface area contributed by atoms with Gasteiger partial charge in [0.15, 0.2) is 0 Å². The first-order chi connectivity index (χ1) is 12.3. The van der Waals surface area contributed by atoms with E-state index in [1.165, 1.54) is 18.4 Å². The monoisotopic (exact) mass is 358 g/mol. The Hall–Kier alpha value is -1.69. The van der Waals surface area contributed by atoms with Crippen molar-refractivity contribution in [2.45, 2.75) is 25.0 Å². The van der Waals surface area contributed by atoms with Crippen molar-refractivity contribution in [3.8, 4) is 0 Å². The van der Waals surface area contributed by atoms with Crippen molar-refractivity contribution in [2.24, 2.45) is 5.92 Å². The Balaban J connectivity index is 1.35. The molecule has 1 aromatic heterocycles. The number of benzene rings is 1. The second-order valence-corrected chi connectivity index (χ2v) is 7.20. The van der Waals surface area contributed by atoms with Crippen LogP contribution < -0.4 is 5.32 Å². The highest BCUT2D eigenvalue weighted by molar-refractivity contribution is 6.31. The molecule has 2 aliphatic rings. The molecule has 2 atom stereocenters. The van der Waals surface area contributed by atoms with Crippen molar-refractivity contribution < 1.29 is 4.74 Å². The van der Waals surface area contributed by atoms with Gasteiger partial charge >= 0.3 is 0 Å². The second kappa shape index (κ2) is 7.68. The van der Waals surface area contributed by atoms with Crippen molar-refractivity contribution in [1.82, 2.24) is 14.9 Å². The number of likely N-dealkylation sites (tertiary alicyclic amines) is 1. The molecule has 5 nitrogen and oxygen atoms in total. The number of hydrogen-bond donors (Lipinski definition) is 1. The number of hydrogen-bond acceptors (Lipinski definition) is 5. The minimum absolute atomic E-state index is 0.282. The summed E-state index contributed by atoms with van der Waals surface area (Å²) in [5.41, 5.74) is 1.20. The third-order valence-electron chi connectivity index (χ3n) is 5.13. The number of nitrogens with zero attached hydrogens (tertiary/aromatic N) is 3. The molecule has 0 spiro atoms. The van der Waals surface area contributed by atoms with Crippen LogP contribution in [0.5, 0.6) is 0 Å². The molecule has 1 N–H and O–H groups in total. The van der Waals surface area contributed by atoms with E-state index in [4.69, 9.17) is 16.3 Å². The first-order valence-electron chi connectivity index (χ1n) is 8.91. The lowest BCUT2D eigenvalue weighted by Gasteiger charge is -2.37. The highest BCUT2D eigenvalue weighted by atomic mass is 35.5. The molecule has 0 aliphatic carbocycles. The van der Waals surface area contributed by atoms with Crippen LogP contribution in [0, 0.1) is 5.92 Å². The quantitative estimate of drug-likeness (QED) is 0.802. The average Bonchev–Trinajstić information content (AvgIpc) is 3.49. The minimum Gasteiger partial charge on any atom is -0.371 e. The Morgan fingerprint density at radius 2 is 2.04 bits per heavy atom. The molecule has 2 saturated heterocycles. The molecule has 132 valence electrons. The highest BCUT2D eigenvalue weighted by Crippen LogP contribution is 2.38. The van der Waals surface area contributed by atoms with E-state index in [-0.39, 0.29) is 12.1 Å². The zero-order valence-electron chi connectivity index (χ0n) is 14.1. The summed E-state index contributed by atoms with van der Waals surface area (Å²) in [7, 11) is 0. The highest BCUT2D eigenvalue weighted by Gasteiger charge is 2.39. The van der Waals surface area contributed by atoms with Crippen LogP contribution in [-0.4, -0.2) is 47.2 Å². The number of halogens is 1. The lowest BCUT2D eigenvalue weighted by atomic mass is 9.93. The van der Waals surface area contributed by atoms with Gasteiger partial charge in [0.2, 0.25) is 0 Å². The van der Waals surface area contributed by atoms with Gasteiger partial charge in [0.25, 0.3) is 0 Å². The summed E-state index contributed by atoms with van der Waals surface area (Å²) in [6.45, 7) is 3.95. The third kappa shape index (κ3) is 4.11. The maximum absolute atomic E-state index is 6.45. The molecule has 1 aromatic carbocycles. The van der Waals surface area contributed by atoms with E-state index in [1.54, 1.807) is 12.5 Å². The number of ether oxygens (including phenoxy) is 1. The molecule has 2 fully saturated rings. The maximum atomic E-state index is 6.45. The standard InChI is InChI=1S/C19H23ClN4O/c20-16-4-2-1-3-15(16)19(17-12-25-17)24-9-6-14(7-10-24)11-22-18-5-8-21-13-23-18/h1-5,8,13-14,17,19H,6-7,9-12H2,(H,21,22,23). The van der Waals surface area contributed by atoms with Gasteiger partial charge in [0.1, 0.15) is 18.2 Å². The predicted molar refractivity (Wildman–Crippen MR) is 98.8 cm³/mol. The van der Waals surface area contributed by atoms with Gasteiger partial charge in [-0.2, -0.15) is 0 Å². The van der Waals surface area contributed by atoms with Crippen molar-refractivity contribution in [1.29, 1.82) is 0 Å². The lowest BCUT2D eigenvalue weighted by Crippen LogP contribution is -2.40. The SMILES string of the molecule is Clc1ccccc1C(C1CO1)N1CCC(CNc2ccncn2)CC1. The van der Waals surface area contributed by atoms with Gasteiger partial charge in [-0.1, -0.05) is 29.8 Å². The normalized spacial score (nSPS) is 22.5. The Morgan fingerprint density at radius 1 is 1.24 bits per heavy atom. The fourth-order valence-electron chi connectivity index (χ4n) is 3.66. The summed E-state index contributed by atoms with van der Waals surface area (Å²) in [5, 5.41) is 4.26. The number of piperidine rings is 1. The molecular formula is C19H23ClN4O. The van der Waals surface area contributed by atoms with Gasteiger partial charge in [0.05, 0.1) is 12.6 Å². The van der Waals surface area contributed by atoms with E-state index in [9.17, 15) is 0 Å². The number of rotatable bonds is 6. The molecule has 2 unspecified atom stereocenters. The van der Waals surface area contributed by atoms with Crippen LogP contribution in [0.2, 0.25) is 5.02 Å². The second-order valence-electron chi connectivity index (χ2n) is 6.79. The van der Waals surface area contributed by atoms with Gasteiger partial charge in [0, 0.05) is 17.8 Å². The van der Waals surface area contributed by atoms with E-state index in [0.717, 1.165) is 37.1 Å². The average molecular weight is 359 g/mol. The van der Waals surface area contributed by atoms with Crippen LogP contribution in [-0.2, 0) is 4.74 Å². The molecule has 0 bridgehead atoms. The van der Waals surface area contributed by atoms with Crippen LogP contribution >= 0.6 is 11.6 Å². The topological polar surface area (TPSA) is 53.6 Å². The number of epoxide rings is 1. The van der Waals surface area contributed by atoms with Gasteiger partial charge < -0.3 is 10.1 Å². The fraction of sp³-hybridized carbons (Fsp3) is 0.474.